The first-order valence-corrected chi connectivity index (χ1v) is 4.33. The fraction of sp³-hybridized carbons (Fsp3) is 0.778. The molecule has 1 aliphatic carbocycles. The largest absolute Gasteiger partial charge is 0.469 e. The zero-order valence-electron chi connectivity index (χ0n) is 7.91. The third kappa shape index (κ3) is 2.20. The van der Waals surface area contributed by atoms with E-state index in [-0.39, 0.29) is 23.8 Å². The molecule has 74 valence electrons. The molecule has 0 aromatic carbocycles. The van der Waals surface area contributed by atoms with Crippen molar-refractivity contribution in [2.24, 2.45) is 11.8 Å². The molecule has 2 atom stereocenters. The Bertz CT molecular complexity index is 212. The van der Waals surface area contributed by atoms with E-state index in [0.717, 1.165) is 12.8 Å². The molecule has 0 amide bonds. The fourth-order valence-electron chi connectivity index (χ4n) is 1.57. The Balaban J connectivity index is 2.36. The van der Waals surface area contributed by atoms with Crippen LogP contribution in [0.25, 0.3) is 0 Å². The van der Waals surface area contributed by atoms with Gasteiger partial charge in [0.1, 0.15) is 0 Å². The number of methoxy groups -OCH3 is 2. The molecule has 0 N–H and O–H groups in total. The van der Waals surface area contributed by atoms with E-state index in [0.29, 0.717) is 6.42 Å². The minimum absolute atomic E-state index is 0.0934. The monoisotopic (exact) mass is 186 g/mol. The molecule has 2 unspecified atom stereocenters. The number of ether oxygens (including phenoxy) is 2. The van der Waals surface area contributed by atoms with Gasteiger partial charge in [-0.25, -0.2) is 0 Å². The summed E-state index contributed by atoms with van der Waals surface area (Å²) >= 11 is 0. The van der Waals surface area contributed by atoms with Gasteiger partial charge >= 0.3 is 11.9 Å². The van der Waals surface area contributed by atoms with E-state index in [4.69, 9.17) is 0 Å². The van der Waals surface area contributed by atoms with E-state index >= 15 is 0 Å². The minimum Gasteiger partial charge on any atom is -0.469 e. The summed E-state index contributed by atoms with van der Waals surface area (Å²) in [7, 11) is 2.73. The van der Waals surface area contributed by atoms with E-state index < -0.39 is 0 Å². The molecule has 1 rings (SSSR count). The third-order valence-corrected chi connectivity index (χ3v) is 2.58. The van der Waals surface area contributed by atoms with Crippen LogP contribution in [0, 0.1) is 11.8 Å². The van der Waals surface area contributed by atoms with E-state index in [1.165, 1.54) is 14.2 Å². The molecule has 0 aromatic heterocycles. The van der Waals surface area contributed by atoms with Gasteiger partial charge in [0.25, 0.3) is 0 Å². The quantitative estimate of drug-likeness (QED) is 0.610. The van der Waals surface area contributed by atoms with Gasteiger partial charge in [0.2, 0.25) is 0 Å². The van der Waals surface area contributed by atoms with Gasteiger partial charge in [-0.05, 0) is 18.8 Å². The maximum absolute atomic E-state index is 11.1. The van der Waals surface area contributed by atoms with E-state index in [2.05, 4.69) is 9.47 Å². The van der Waals surface area contributed by atoms with Crippen LogP contribution in [-0.4, -0.2) is 26.2 Å². The van der Waals surface area contributed by atoms with Crippen LogP contribution >= 0.6 is 0 Å². The highest BCUT2D eigenvalue weighted by molar-refractivity contribution is 5.76. The highest BCUT2D eigenvalue weighted by atomic mass is 16.5. The molecule has 1 saturated carbocycles. The summed E-state index contributed by atoms with van der Waals surface area (Å²) in [5.74, 6) is -0.428. The van der Waals surface area contributed by atoms with Crippen molar-refractivity contribution < 1.29 is 19.1 Å². The maximum Gasteiger partial charge on any atom is 0.308 e. The van der Waals surface area contributed by atoms with Crippen molar-refractivity contribution in [2.45, 2.75) is 19.3 Å². The molecule has 4 nitrogen and oxygen atoms in total. The lowest BCUT2D eigenvalue weighted by atomic mass is 9.72. The Kier molecular flexibility index (Phi) is 3.28. The fourth-order valence-corrected chi connectivity index (χ4v) is 1.57. The zero-order valence-corrected chi connectivity index (χ0v) is 7.91. The molecular formula is C9H14O4. The van der Waals surface area contributed by atoms with E-state index in [9.17, 15) is 9.59 Å². The zero-order chi connectivity index (χ0) is 9.84. The first kappa shape index (κ1) is 10.0. The second-order valence-electron chi connectivity index (χ2n) is 3.25. The van der Waals surface area contributed by atoms with Crippen LogP contribution in [0.15, 0.2) is 0 Å². The molecular weight excluding hydrogens is 172 g/mol. The first-order valence-electron chi connectivity index (χ1n) is 4.33. The highest BCUT2D eigenvalue weighted by Crippen LogP contribution is 2.37. The average Bonchev–Trinajstić information content (AvgIpc) is 2.11. The summed E-state index contributed by atoms with van der Waals surface area (Å²) < 4.78 is 9.14. The Morgan fingerprint density at radius 1 is 1.23 bits per heavy atom. The van der Waals surface area contributed by atoms with Gasteiger partial charge in [0, 0.05) is 6.42 Å². The Labute approximate surface area is 77.2 Å². The number of esters is 2. The molecule has 0 radical (unpaired) electrons. The number of carbonyl (C=O) groups is 2. The normalized spacial score (nSPS) is 26.0. The van der Waals surface area contributed by atoms with Crippen molar-refractivity contribution in [3.63, 3.8) is 0 Å². The predicted octanol–water partition coefficient (Wildman–Crippen LogP) is 0.749. The van der Waals surface area contributed by atoms with Crippen molar-refractivity contribution in [3.8, 4) is 0 Å². The van der Waals surface area contributed by atoms with Crippen LogP contribution in [0.1, 0.15) is 19.3 Å². The molecule has 0 spiro atoms. The molecule has 0 saturated heterocycles. The summed E-state index contributed by atoms with van der Waals surface area (Å²) in [6.07, 6.45) is 2.07. The van der Waals surface area contributed by atoms with Crippen molar-refractivity contribution in [3.05, 3.63) is 0 Å². The average molecular weight is 186 g/mol. The minimum atomic E-state index is -0.251. The lowest BCUT2D eigenvalue weighted by molar-refractivity contribution is -0.154. The second-order valence-corrected chi connectivity index (χ2v) is 3.25. The summed E-state index contributed by atoms with van der Waals surface area (Å²) in [4.78, 5) is 22.0. The van der Waals surface area contributed by atoms with E-state index in [1.807, 2.05) is 0 Å². The van der Waals surface area contributed by atoms with Crippen molar-refractivity contribution in [1.29, 1.82) is 0 Å². The molecule has 4 heteroatoms. The van der Waals surface area contributed by atoms with Gasteiger partial charge in [0.05, 0.1) is 20.1 Å². The molecule has 0 heterocycles. The predicted molar refractivity (Wildman–Crippen MR) is 44.9 cm³/mol. The van der Waals surface area contributed by atoms with Crippen molar-refractivity contribution in [1.82, 2.24) is 0 Å². The van der Waals surface area contributed by atoms with Crippen molar-refractivity contribution >= 4 is 11.9 Å². The highest BCUT2D eigenvalue weighted by Gasteiger charge is 2.38. The molecule has 0 aliphatic heterocycles. The number of hydrogen-bond acceptors (Lipinski definition) is 4. The standard InChI is InChI=1S/C9H14O4/c1-12-8(10)5-6-3-4-7(6)9(11)13-2/h6-7H,3-5H2,1-2H3. The molecule has 13 heavy (non-hydrogen) atoms. The number of rotatable bonds is 3. The van der Waals surface area contributed by atoms with Gasteiger partial charge in [-0.1, -0.05) is 0 Å². The van der Waals surface area contributed by atoms with Gasteiger partial charge < -0.3 is 9.47 Å². The molecule has 0 aromatic rings. The maximum atomic E-state index is 11.1. The lowest BCUT2D eigenvalue weighted by Crippen LogP contribution is -2.35. The van der Waals surface area contributed by atoms with Gasteiger partial charge in [0.15, 0.2) is 0 Å². The number of hydrogen-bond donors (Lipinski definition) is 0. The van der Waals surface area contributed by atoms with Gasteiger partial charge in [-0.3, -0.25) is 9.59 Å². The first-order chi connectivity index (χ1) is 6.19. The Hall–Kier alpha value is -1.06. The second kappa shape index (κ2) is 4.25. The Morgan fingerprint density at radius 2 is 1.92 bits per heavy atom. The van der Waals surface area contributed by atoms with Gasteiger partial charge in [-0.2, -0.15) is 0 Å². The lowest BCUT2D eigenvalue weighted by Gasteiger charge is -2.33. The van der Waals surface area contributed by atoms with Crippen LogP contribution < -0.4 is 0 Å². The van der Waals surface area contributed by atoms with Crippen LogP contribution in [0.3, 0.4) is 0 Å². The van der Waals surface area contributed by atoms with Crippen molar-refractivity contribution in [2.75, 3.05) is 14.2 Å². The summed E-state index contributed by atoms with van der Waals surface area (Å²) in [6, 6.07) is 0. The topological polar surface area (TPSA) is 52.6 Å². The van der Waals surface area contributed by atoms with Crippen LogP contribution in [0.5, 0.6) is 0 Å². The Morgan fingerprint density at radius 3 is 2.31 bits per heavy atom. The number of carbonyl (C=O) groups excluding carboxylic acids is 2. The smallest absolute Gasteiger partial charge is 0.308 e. The molecule has 1 aliphatic rings. The van der Waals surface area contributed by atoms with Gasteiger partial charge in [-0.15, -0.1) is 0 Å². The summed E-state index contributed by atoms with van der Waals surface area (Å²) in [5.41, 5.74) is 0. The molecule has 0 bridgehead atoms. The molecule has 1 fully saturated rings. The van der Waals surface area contributed by atoms with E-state index in [1.54, 1.807) is 0 Å². The van der Waals surface area contributed by atoms with Crippen LogP contribution in [-0.2, 0) is 19.1 Å². The summed E-state index contributed by atoms with van der Waals surface area (Å²) in [5, 5.41) is 0. The third-order valence-electron chi connectivity index (χ3n) is 2.58. The SMILES string of the molecule is COC(=O)CC1CCC1C(=O)OC. The van der Waals surface area contributed by atoms with Crippen LogP contribution in [0.4, 0.5) is 0 Å². The summed E-state index contributed by atoms with van der Waals surface area (Å²) in [6.45, 7) is 0. The van der Waals surface area contributed by atoms with Crippen LogP contribution in [0.2, 0.25) is 0 Å².